The van der Waals surface area contributed by atoms with Gasteiger partial charge in [0.1, 0.15) is 6.04 Å². The second-order valence-electron chi connectivity index (χ2n) is 5.21. The summed E-state index contributed by atoms with van der Waals surface area (Å²) >= 11 is 0. The summed E-state index contributed by atoms with van der Waals surface area (Å²) in [5.41, 5.74) is 7.70. The molecule has 1 aromatic rings. The van der Waals surface area contributed by atoms with Crippen molar-refractivity contribution in [3.63, 3.8) is 0 Å². The molecule has 4 heteroatoms. The van der Waals surface area contributed by atoms with Crippen LogP contribution < -0.4 is 16.0 Å². The van der Waals surface area contributed by atoms with Crippen LogP contribution in [0.5, 0.6) is 0 Å². The fourth-order valence-electron chi connectivity index (χ4n) is 2.20. The van der Waals surface area contributed by atoms with Crippen LogP contribution in [0.2, 0.25) is 0 Å². The molecule has 0 heterocycles. The molecule has 1 saturated carbocycles. The standard InChI is InChI=1S/C15H23N3O/c1-3-10-18(14-7-5-4-6-13(14)16)11(2)15(19)17-12-8-9-12/h4-7,11-12H,3,8-10,16H2,1-2H3,(H,17,19). The summed E-state index contributed by atoms with van der Waals surface area (Å²) in [5, 5.41) is 3.06. The highest BCUT2D eigenvalue weighted by molar-refractivity contribution is 5.86. The number of carbonyl (C=O) groups excluding carboxylic acids is 1. The summed E-state index contributed by atoms with van der Waals surface area (Å²) < 4.78 is 0. The van der Waals surface area contributed by atoms with Gasteiger partial charge >= 0.3 is 0 Å². The minimum atomic E-state index is -0.190. The Balaban J connectivity index is 2.14. The molecular formula is C15H23N3O. The van der Waals surface area contributed by atoms with Crippen molar-refractivity contribution in [1.82, 2.24) is 5.32 Å². The SMILES string of the molecule is CCCN(c1ccccc1N)C(C)C(=O)NC1CC1. The van der Waals surface area contributed by atoms with Gasteiger partial charge in [0.15, 0.2) is 0 Å². The molecule has 1 aliphatic rings. The molecule has 0 aromatic heterocycles. The molecule has 0 bridgehead atoms. The first-order chi connectivity index (χ1) is 9.13. The molecule has 0 spiro atoms. The average Bonchev–Trinajstić information content (AvgIpc) is 3.20. The molecule has 1 atom stereocenters. The molecule has 0 saturated heterocycles. The highest BCUT2D eigenvalue weighted by Gasteiger charge is 2.28. The molecule has 4 nitrogen and oxygen atoms in total. The van der Waals surface area contributed by atoms with Crippen molar-refractivity contribution in [1.29, 1.82) is 0 Å². The van der Waals surface area contributed by atoms with Crippen molar-refractivity contribution in [2.75, 3.05) is 17.2 Å². The minimum absolute atomic E-state index is 0.0965. The molecule has 1 unspecified atom stereocenters. The second kappa shape index (κ2) is 5.95. The molecule has 3 N–H and O–H groups in total. The molecule has 1 aliphatic carbocycles. The zero-order valence-electron chi connectivity index (χ0n) is 11.7. The van der Waals surface area contributed by atoms with Crippen molar-refractivity contribution in [3.8, 4) is 0 Å². The van der Waals surface area contributed by atoms with Gasteiger partial charge in [-0.05, 0) is 38.3 Å². The Labute approximate surface area is 115 Å². The van der Waals surface area contributed by atoms with Crippen LogP contribution in [-0.2, 0) is 4.79 Å². The number of anilines is 2. The lowest BCUT2D eigenvalue weighted by molar-refractivity contribution is -0.122. The zero-order valence-corrected chi connectivity index (χ0v) is 11.7. The lowest BCUT2D eigenvalue weighted by Crippen LogP contribution is -2.46. The van der Waals surface area contributed by atoms with Gasteiger partial charge in [0.2, 0.25) is 5.91 Å². The number of nitrogens with two attached hydrogens (primary N) is 1. The topological polar surface area (TPSA) is 58.4 Å². The Kier molecular flexibility index (Phi) is 4.30. The predicted molar refractivity (Wildman–Crippen MR) is 79.1 cm³/mol. The Morgan fingerprint density at radius 1 is 1.47 bits per heavy atom. The van der Waals surface area contributed by atoms with Crippen LogP contribution in [0.1, 0.15) is 33.1 Å². The maximum Gasteiger partial charge on any atom is 0.242 e. The first kappa shape index (κ1) is 13.7. The van der Waals surface area contributed by atoms with E-state index in [-0.39, 0.29) is 11.9 Å². The Hall–Kier alpha value is -1.71. The van der Waals surface area contributed by atoms with E-state index < -0.39 is 0 Å². The predicted octanol–water partition coefficient (Wildman–Crippen LogP) is 2.15. The van der Waals surface area contributed by atoms with E-state index in [9.17, 15) is 4.79 Å². The zero-order chi connectivity index (χ0) is 13.8. The van der Waals surface area contributed by atoms with E-state index in [1.165, 1.54) is 0 Å². The molecule has 104 valence electrons. The second-order valence-corrected chi connectivity index (χ2v) is 5.21. The van der Waals surface area contributed by atoms with Crippen molar-refractivity contribution in [2.45, 2.75) is 45.2 Å². The average molecular weight is 261 g/mol. The summed E-state index contributed by atoms with van der Waals surface area (Å²) in [6.45, 7) is 4.88. The summed E-state index contributed by atoms with van der Waals surface area (Å²) in [6.07, 6.45) is 3.20. The lowest BCUT2D eigenvalue weighted by Gasteiger charge is -2.31. The van der Waals surface area contributed by atoms with Crippen LogP contribution in [0.3, 0.4) is 0 Å². The Bertz CT molecular complexity index is 443. The first-order valence-electron chi connectivity index (χ1n) is 7.05. The molecule has 1 fully saturated rings. The van der Waals surface area contributed by atoms with E-state index in [0.29, 0.717) is 6.04 Å². The number of nitrogens with zero attached hydrogens (tertiary/aromatic N) is 1. The number of nitrogen functional groups attached to an aromatic ring is 1. The quantitative estimate of drug-likeness (QED) is 0.771. The van der Waals surface area contributed by atoms with E-state index in [1.54, 1.807) is 0 Å². The third-order valence-corrected chi connectivity index (χ3v) is 3.48. The molecule has 1 amide bonds. The highest BCUT2D eigenvalue weighted by atomic mass is 16.2. The monoisotopic (exact) mass is 261 g/mol. The Morgan fingerprint density at radius 3 is 2.74 bits per heavy atom. The third kappa shape index (κ3) is 3.40. The van der Waals surface area contributed by atoms with Gasteiger partial charge in [-0.2, -0.15) is 0 Å². The smallest absolute Gasteiger partial charge is 0.242 e. The van der Waals surface area contributed by atoms with Crippen molar-refractivity contribution in [3.05, 3.63) is 24.3 Å². The number of rotatable bonds is 6. The van der Waals surface area contributed by atoms with Crippen molar-refractivity contribution in [2.24, 2.45) is 0 Å². The van der Waals surface area contributed by atoms with Crippen LogP contribution in [0.15, 0.2) is 24.3 Å². The van der Waals surface area contributed by atoms with Gasteiger partial charge in [0, 0.05) is 12.6 Å². The fourth-order valence-corrected chi connectivity index (χ4v) is 2.20. The molecular weight excluding hydrogens is 238 g/mol. The van der Waals surface area contributed by atoms with Crippen LogP contribution in [-0.4, -0.2) is 24.5 Å². The Morgan fingerprint density at radius 2 is 2.16 bits per heavy atom. The number of para-hydroxylation sites is 2. The van der Waals surface area contributed by atoms with Gasteiger partial charge in [-0.25, -0.2) is 0 Å². The van der Waals surface area contributed by atoms with E-state index in [2.05, 4.69) is 17.1 Å². The summed E-state index contributed by atoms with van der Waals surface area (Å²) in [7, 11) is 0. The highest BCUT2D eigenvalue weighted by Crippen LogP contribution is 2.25. The summed E-state index contributed by atoms with van der Waals surface area (Å²) in [4.78, 5) is 14.3. The van der Waals surface area contributed by atoms with Gasteiger partial charge in [-0.3, -0.25) is 4.79 Å². The number of hydrogen-bond acceptors (Lipinski definition) is 3. The van der Waals surface area contributed by atoms with Crippen LogP contribution in [0.25, 0.3) is 0 Å². The van der Waals surface area contributed by atoms with Crippen LogP contribution in [0, 0.1) is 0 Å². The van der Waals surface area contributed by atoms with Gasteiger partial charge in [-0.15, -0.1) is 0 Å². The van der Waals surface area contributed by atoms with Gasteiger partial charge in [-0.1, -0.05) is 19.1 Å². The van der Waals surface area contributed by atoms with Crippen LogP contribution in [0.4, 0.5) is 11.4 Å². The lowest BCUT2D eigenvalue weighted by atomic mass is 10.1. The van der Waals surface area contributed by atoms with E-state index >= 15 is 0 Å². The summed E-state index contributed by atoms with van der Waals surface area (Å²) in [5.74, 6) is 0.0965. The van der Waals surface area contributed by atoms with Crippen molar-refractivity contribution >= 4 is 17.3 Å². The number of benzene rings is 1. The number of carbonyl (C=O) groups is 1. The third-order valence-electron chi connectivity index (χ3n) is 3.48. The van der Waals surface area contributed by atoms with E-state index in [0.717, 1.165) is 37.2 Å². The first-order valence-corrected chi connectivity index (χ1v) is 7.05. The molecule has 19 heavy (non-hydrogen) atoms. The normalized spacial score (nSPS) is 15.9. The van der Waals surface area contributed by atoms with Gasteiger partial charge < -0.3 is 16.0 Å². The van der Waals surface area contributed by atoms with Gasteiger partial charge in [0.05, 0.1) is 11.4 Å². The molecule has 0 radical (unpaired) electrons. The number of hydrogen-bond donors (Lipinski definition) is 2. The van der Waals surface area contributed by atoms with Gasteiger partial charge in [0.25, 0.3) is 0 Å². The van der Waals surface area contributed by atoms with Crippen LogP contribution >= 0.6 is 0 Å². The summed E-state index contributed by atoms with van der Waals surface area (Å²) in [6, 6.07) is 7.93. The fraction of sp³-hybridized carbons (Fsp3) is 0.533. The molecule has 1 aromatic carbocycles. The number of amides is 1. The van der Waals surface area contributed by atoms with E-state index in [1.807, 2.05) is 31.2 Å². The molecule has 0 aliphatic heterocycles. The number of nitrogens with one attached hydrogen (secondary N) is 1. The largest absolute Gasteiger partial charge is 0.397 e. The van der Waals surface area contributed by atoms with E-state index in [4.69, 9.17) is 5.73 Å². The molecule has 2 rings (SSSR count). The maximum absolute atomic E-state index is 12.2. The van der Waals surface area contributed by atoms with Crippen molar-refractivity contribution < 1.29 is 4.79 Å². The maximum atomic E-state index is 12.2. The minimum Gasteiger partial charge on any atom is -0.397 e.